The smallest absolute Gasteiger partial charge is 0.159 e. The first-order valence-electron chi connectivity index (χ1n) is 10.5. The number of aryl methyl sites for hydroxylation is 2. The number of aromatic nitrogens is 2. The van der Waals surface area contributed by atoms with E-state index in [0.717, 1.165) is 53.8 Å². The Morgan fingerprint density at radius 2 is 1.91 bits per heavy atom. The summed E-state index contributed by atoms with van der Waals surface area (Å²) in [6.07, 6.45) is 2.88. The highest BCUT2D eigenvalue weighted by Crippen LogP contribution is 2.34. The van der Waals surface area contributed by atoms with Crippen molar-refractivity contribution in [3.8, 4) is 17.9 Å². The zero-order chi connectivity index (χ0) is 22.7. The molecule has 7 nitrogen and oxygen atoms in total. The van der Waals surface area contributed by atoms with Crippen LogP contribution in [0.1, 0.15) is 29.7 Å². The lowest BCUT2D eigenvalue weighted by atomic mass is 9.97. The van der Waals surface area contributed by atoms with Crippen molar-refractivity contribution in [2.75, 3.05) is 30.8 Å². The summed E-state index contributed by atoms with van der Waals surface area (Å²) >= 11 is 6.26. The summed E-state index contributed by atoms with van der Waals surface area (Å²) in [5.74, 6) is 1.47. The molecule has 33 heavy (non-hydrogen) atoms. The number of nitrogens with two attached hydrogens (primary N) is 1. The van der Waals surface area contributed by atoms with Gasteiger partial charge in [-0.15, -0.1) is 17.5 Å². The molecule has 1 saturated heterocycles. The van der Waals surface area contributed by atoms with E-state index in [-0.39, 0.29) is 18.3 Å². The van der Waals surface area contributed by atoms with Crippen LogP contribution in [0.3, 0.4) is 0 Å². The van der Waals surface area contributed by atoms with Gasteiger partial charge in [-0.1, -0.05) is 17.7 Å². The third-order valence-corrected chi connectivity index (χ3v) is 6.30. The first kappa shape index (κ1) is 24.4. The normalized spacial score (nSPS) is 13.8. The van der Waals surface area contributed by atoms with Crippen LogP contribution in [-0.2, 0) is 12.8 Å². The van der Waals surface area contributed by atoms with Gasteiger partial charge < -0.3 is 15.4 Å². The number of hydrogen-bond donors (Lipinski definition) is 1. The Morgan fingerprint density at radius 3 is 2.55 bits per heavy atom. The van der Waals surface area contributed by atoms with Gasteiger partial charge in [0.25, 0.3) is 0 Å². The Morgan fingerprint density at radius 1 is 1.15 bits per heavy atom. The number of hydrogen-bond acceptors (Lipinski definition) is 7. The van der Waals surface area contributed by atoms with Crippen LogP contribution < -0.4 is 15.4 Å². The van der Waals surface area contributed by atoms with Crippen molar-refractivity contribution in [1.29, 1.82) is 10.5 Å². The highest BCUT2D eigenvalue weighted by Gasteiger charge is 2.23. The number of nitrogen functional groups attached to an aromatic ring is 1. The third kappa shape index (κ3) is 4.90. The second-order valence-electron chi connectivity index (χ2n) is 7.89. The van der Waals surface area contributed by atoms with Crippen LogP contribution in [-0.4, -0.2) is 30.4 Å². The van der Waals surface area contributed by atoms with Crippen molar-refractivity contribution in [3.05, 3.63) is 52.2 Å². The number of methoxy groups -OCH3 is 1. The van der Waals surface area contributed by atoms with Crippen LogP contribution in [0, 0.1) is 28.6 Å². The minimum absolute atomic E-state index is 0. The number of anilines is 2. The molecular formula is C24H24Cl2N6O. The van der Waals surface area contributed by atoms with Gasteiger partial charge >= 0.3 is 0 Å². The molecule has 0 spiro atoms. The fourth-order valence-electron chi connectivity index (χ4n) is 4.18. The van der Waals surface area contributed by atoms with Crippen LogP contribution in [0.15, 0.2) is 30.3 Å². The van der Waals surface area contributed by atoms with Crippen LogP contribution in [0.5, 0.6) is 5.75 Å². The van der Waals surface area contributed by atoms with Crippen molar-refractivity contribution in [3.63, 3.8) is 0 Å². The quantitative estimate of drug-likeness (QED) is 0.524. The maximum Gasteiger partial charge on any atom is 0.159 e. The number of benzene rings is 2. The van der Waals surface area contributed by atoms with Gasteiger partial charge in [-0.2, -0.15) is 15.6 Å². The van der Waals surface area contributed by atoms with Crippen LogP contribution >= 0.6 is 24.0 Å². The van der Waals surface area contributed by atoms with E-state index in [1.54, 1.807) is 13.2 Å². The number of fused-ring (bicyclic) bond motifs is 1. The Balaban J connectivity index is 0.00000306. The van der Waals surface area contributed by atoms with Gasteiger partial charge in [-0.05, 0) is 55.5 Å². The minimum Gasteiger partial charge on any atom is -0.495 e. The molecule has 0 unspecified atom stereocenters. The largest absolute Gasteiger partial charge is 0.495 e. The van der Waals surface area contributed by atoms with Crippen molar-refractivity contribution >= 4 is 46.3 Å². The maximum atomic E-state index is 9.50. The zero-order valence-corrected chi connectivity index (χ0v) is 19.8. The summed E-state index contributed by atoms with van der Waals surface area (Å²) in [5, 5.41) is 30.0. The molecule has 1 fully saturated rings. The average Bonchev–Trinajstić information content (AvgIpc) is 2.83. The Labute approximate surface area is 204 Å². The molecule has 1 aliphatic rings. The molecule has 2 aromatic carbocycles. The predicted octanol–water partition coefficient (Wildman–Crippen LogP) is 4.69. The maximum absolute atomic E-state index is 9.50. The first-order chi connectivity index (χ1) is 15.5. The topological polar surface area (TPSA) is 112 Å². The van der Waals surface area contributed by atoms with Crippen LogP contribution in [0.25, 0.3) is 10.8 Å². The van der Waals surface area contributed by atoms with E-state index in [4.69, 9.17) is 22.1 Å². The molecule has 0 amide bonds. The van der Waals surface area contributed by atoms with Crippen LogP contribution in [0.2, 0.25) is 5.02 Å². The summed E-state index contributed by atoms with van der Waals surface area (Å²) in [5.41, 5.74) is 9.06. The summed E-state index contributed by atoms with van der Waals surface area (Å²) in [7, 11) is 1.59. The lowest BCUT2D eigenvalue weighted by Gasteiger charge is -2.30. The van der Waals surface area contributed by atoms with Gasteiger partial charge in [0.05, 0.1) is 35.1 Å². The molecule has 0 atom stereocenters. The Hall–Kier alpha value is -3.26. The molecule has 1 aromatic heterocycles. The van der Waals surface area contributed by atoms with E-state index in [9.17, 15) is 10.5 Å². The van der Waals surface area contributed by atoms with Gasteiger partial charge in [-0.25, -0.2) is 0 Å². The molecule has 0 aliphatic carbocycles. The van der Waals surface area contributed by atoms with E-state index in [1.165, 1.54) is 0 Å². The van der Waals surface area contributed by atoms with Crippen molar-refractivity contribution in [2.24, 2.45) is 5.92 Å². The molecule has 2 heterocycles. The lowest BCUT2D eigenvalue weighted by Crippen LogP contribution is -2.34. The summed E-state index contributed by atoms with van der Waals surface area (Å²) in [4.78, 5) is 2.15. The molecule has 3 aromatic rings. The van der Waals surface area contributed by atoms with E-state index in [1.807, 2.05) is 24.3 Å². The second kappa shape index (κ2) is 10.6. The number of halogens is 2. The third-order valence-electron chi connectivity index (χ3n) is 6.00. The number of piperidine rings is 1. The predicted molar refractivity (Wildman–Crippen MR) is 132 cm³/mol. The number of rotatable bonds is 5. The number of ether oxygens (including phenoxy) is 1. The fourth-order valence-corrected chi connectivity index (χ4v) is 4.46. The van der Waals surface area contributed by atoms with Gasteiger partial charge in [0.15, 0.2) is 5.82 Å². The fraction of sp³-hybridized carbons (Fsp3) is 0.333. The van der Waals surface area contributed by atoms with Crippen LogP contribution in [0.4, 0.5) is 11.5 Å². The SMILES string of the molecule is COc1ccc(CCc2nnc(N3CCC(C#N)CC3)c3ccc(C#N)c(N)c23)cc1Cl.Cl. The van der Waals surface area contributed by atoms with E-state index >= 15 is 0 Å². The molecule has 0 saturated carbocycles. The van der Waals surface area contributed by atoms with Crippen molar-refractivity contribution < 1.29 is 4.74 Å². The van der Waals surface area contributed by atoms with Crippen molar-refractivity contribution in [1.82, 2.24) is 10.2 Å². The summed E-state index contributed by atoms with van der Waals surface area (Å²) in [6, 6.07) is 13.9. The van der Waals surface area contributed by atoms with E-state index in [0.29, 0.717) is 34.9 Å². The van der Waals surface area contributed by atoms with E-state index < -0.39 is 0 Å². The zero-order valence-electron chi connectivity index (χ0n) is 18.2. The van der Waals surface area contributed by atoms with Crippen molar-refractivity contribution in [2.45, 2.75) is 25.7 Å². The highest BCUT2D eigenvalue weighted by molar-refractivity contribution is 6.32. The summed E-state index contributed by atoms with van der Waals surface area (Å²) < 4.78 is 5.22. The molecule has 9 heteroatoms. The van der Waals surface area contributed by atoms with Gasteiger partial charge in [0, 0.05) is 29.8 Å². The summed E-state index contributed by atoms with van der Waals surface area (Å²) in [6.45, 7) is 1.48. The highest BCUT2D eigenvalue weighted by atomic mass is 35.5. The lowest BCUT2D eigenvalue weighted by molar-refractivity contribution is 0.415. The molecule has 170 valence electrons. The average molecular weight is 483 g/mol. The molecular weight excluding hydrogens is 459 g/mol. The monoisotopic (exact) mass is 482 g/mol. The number of nitriles is 2. The first-order valence-corrected chi connectivity index (χ1v) is 10.9. The Bertz CT molecular complexity index is 1240. The molecule has 4 rings (SSSR count). The van der Waals surface area contributed by atoms with E-state index in [2.05, 4.69) is 27.2 Å². The molecule has 0 bridgehead atoms. The molecule has 1 aliphatic heterocycles. The minimum atomic E-state index is 0. The number of nitrogens with zero attached hydrogens (tertiary/aromatic N) is 5. The van der Waals surface area contributed by atoms with Gasteiger partial charge in [0.2, 0.25) is 0 Å². The van der Waals surface area contributed by atoms with Gasteiger partial charge in [-0.3, -0.25) is 0 Å². The second-order valence-corrected chi connectivity index (χ2v) is 8.30. The standard InChI is InChI=1S/C24H23ClN6O.ClH/c1-32-21-7-3-15(12-19(21)25)2-6-20-22-18(5-4-17(14-27)23(22)28)24(30-29-20)31-10-8-16(13-26)9-11-31;/h3-5,7,12,16H,2,6,8-11,28H2,1H3;1H. The molecule has 0 radical (unpaired) electrons. The van der Waals surface area contributed by atoms with Gasteiger partial charge in [0.1, 0.15) is 11.8 Å². The molecule has 2 N–H and O–H groups in total. The Kier molecular flexibility index (Phi) is 7.81.